The van der Waals surface area contributed by atoms with Crippen molar-refractivity contribution in [2.24, 2.45) is 0 Å². The van der Waals surface area contributed by atoms with Gasteiger partial charge in [0.15, 0.2) is 8.32 Å². The van der Waals surface area contributed by atoms with Crippen molar-refractivity contribution < 1.29 is 13.6 Å². The number of hydrogen-bond acceptors (Lipinski definition) is 1. The van der Waals surface area contributed by atoms with E-state index in [-0.39, 0.29) is 11.1 Å². The highest BCUT2D eigenvalue weighted by atomic mass is 28.4. The standard InChI is InChI=1S/C13H20F2OSi/c1-9(2)17(16,10(3)4)8-11-5-12(14)7-13(15)6-11/h5-7,9-10,16H,8H2,1-4H3. The average molecular weight is 258 g/mol. The third-order valence-corrected chi connectivity index (χ3v) is 8.38. The van der Waals surface area contributed by atoms with Gasteiger partial charge in [-0.2, -0.15) is 0 Å². The average Bonchev–Trinajstić information content (AvgIpc) is 2.14. The van der Waals surface area contributed by atoms with Crippen LogP contribution in [0.2, 0.25) is 11.1 Å². The maximum Gasteiger partial charge on any atom is 0.197 e. The zero-order valence-electron chi connectivity index (χ0n) is 10.8. The topological polar surface area (TPSA) is 20.2 Å². The lowest BCUT2D eigenvalue weighted by Crippen LogP contribution is -2.44. The lowest BCUT2D eigenvalue weighted by molar-refractivity contribution is 0.489. The molecule has 1 aromatic rings. The summed E-state index contributed by atoms with van der Waals surface area (Å²) in [5.74, 6) is -1.16. The predicted molar refractivity (Wildman–Crippen MR) is 68.2 cm³/mol. The Balaban J connectivity index is 3.02. The summed E-state index contributed by atoms with van der Waals surface area (Å²) in [5.41, 5.74) is 0.877. The third kappa shape index (κ3) is 3.36. The van der Waals surface area contributed by atoms with Crippen LogP contribution in [0.3, 0.4) is 0 Å². The predicted octanol–water partition coefficient (Wildman–Crippen LogP) is 3.80. The minimum absolute atomic E-state index is 0.161. The molecule has 0 bridgehead atoms. The molecule has 0 saturated carbocycles. The smallest absolute Gasteiger partial charge is 0.197 e. The molecule has 0 atom stereocenters. The van der Waals surface area contributed by atoms with Crippen molar-refractivity contribution in [2.45, 2.75) is 44.8 Å². The maximum absolute atomic E-state index is 13.1. The first kappa shape index (κ1) is 14.3. The maximum atomic E-state index is 13.1. The summed E-state index contributed by atoms with van der Waals surface area (Å²) in [6.07, 6.45) is 0. The van der Waals surface area contributed by atoms with Gasteiger partial charge in [0, 0.05) is 6.07 Å². The summed E-state index contributed by atoms with van der Waals surface area (Å²) >= 11 is 0. The van der Waals surface area contributed by atoms with Crippen LogP contribution in [-0.4, -0.2) is 13.1 Å². The second-order valence-corrected chi connectivity index (χ2v) is 9.90. The first-order chi connectivity index (χ1) is 7.75. The largest absolute Gasteiger partial charge is 0.431 e. The van der Waals surface area contributed by atoms with Crippen LogP contribution >= 0.6 is 0 Å². The van der Waals surface area contributed by atoms with Gasteiger partial charge in [0.25, 0.3) is 0 Å². The van der Waals surface area contributed by atoms with Gasteiger partial charge in [0.05, 0.1) is 0 Å². The lowest BCUT2D eigenvalue weighted by Gasteiger charge is -2.33. The van der Waals surface area contributed by atoms with Crippen molar-refractivity contribution in [1.82, 2.24) is 0 Å². The summed E-state index contributed by atoms with van der Waals surface area (Å²) in [4.78, 5) is 10.7. The second-order valence-electron chi connectivity index (χ2n) is 5.26. The molecule has 0 amide bonds. The molecule has 0 saturated heterocycles. The summed E-state index contributed by atoms with van der Waals surface area (Å²) in [7, 11) is -2.52. The zero-order valence-corrected chi connectivity index (χ0v) is 11.8. The van der Waals surface area contributed by atoms with E-state index in [9.17, 15) is 13.6 Å². The Morgan fingerprint density at radius 2 is 1.41 bits per heavy atom. The molecule has 96 valence electrons. The number of hydrogen-bond donors (Lipinski definition) is 1. The molecule has 0 unspecified atom stereocenters. The van der Waals surface area contributed by atoms with Gasteiger partial charge in [0.1, 0.15) is 11.6 Å². The Hall–Kier alpha value is -0.743. The fraction of sp³-hybridized carbons (Fsp3) is 0.538. The van der Waals surface area contributed by atoms with Crippen molar-refractivity contribution in [3.05, 3.63) is 35.4 Å². The van der Waals surface area contributed by atoms with Gasteiger partial charge in [-0.05, 0) is 34.8 Å². The number of benzene rings is 1. The second kappa shape index (κ2) is 5.27. The van der Waals surface area contributed by atoms with Crippen molar-refractivity contribution in [2.75, 3.05) is 0 Å². The van der Waals surface area contributed by atoms with E-state index in [1.165, 1.54) is 12.1 Å². The molecular formula is C13H20F2OSi. The van der Waals surface area contributed by atoms with Crippen LogP contribution in [0.25, 0.3) is 0 Å². The Labute approximate surface area is 103 Å². The third-order valence-electron chi connectivity index (χ3n) is 3.41. The van der Waals surface area contributed by atoms with Crippen LogP contribution in [0, 0.1) is 11.6 Å². The highest BCUT2D eigenvalue weighted by Gasteiger charge is 2.38. The molecule has 1 N–H and O–H groups in total. The van der Waals surface area contributed by atoms with Crippen molar-refractivity contribution in [3.63, 3.8) is 0 Å². The van der Waals surface area contributed by atoms with Crippen LogP contribution < -0.4 is 0 Å². The van der Waals surface area contributed by atoms with Gasteiger partial charge in [-0.15, -0.1) is 0 Å². The molecule has 4 heteroatoms. The molecule has 1 rings (SSSR count). The number of halogens is 2. The van der Waals surface area contributed by atoms with E-state index in [1.54, 1.807) is 0 Å². The molecule has 0 aromatic heterocycles. The summed E-state index contributed by atoms with van der Waals surface area (Å²) in [5, 5.41) is 0. The molecular weight excluding hydrogens is 238 g/mol. The van der Waals surface area contributed by atoms with Gasteiger partial charge in [-0.3, -0.25) is 0 Å². The minimum Gasteiger partial charge on any atom is -0.431 e. The molecule has 0 aliphatic rings. The van der Waals surface area contributed by atoms with E-state index < -0.39 is 20.0 Å². The normalized spacial score (nSPS) is 12.5. The zero-order chi connectivity index (χ0) is 13.2. The molecule has 0 aliphatic carbocycles. The first-order valence-electron chi connectivity index (χ1n) is 5.93. The van der Waals surface area contributed by atoms with Crippen LogP contribution in [0.1, 0.15) is 33.3 Å². The van der Waals surface area contributed by atoms with E-state index in [2.05, 4.69) is 0 Å². The van der Waals surface area contributed by atoms with E-state index in [0.29, 0.717) is 11.6 Å². The SMILES string of the molecule is CC(C)[Si](O)(Cc1cc(F)cc(F)c1)C(C)C. The highest BCUT2D eigenvalue weighted by molar-refractivity contribution is 6.74. The Morgan fingerprint density at radius 3 is 1.76 bits per heavy atom. The molecule has 0 heterocycles. The van der Waals surface area contributed by atoms with Crippen LogP contribution in [0.4, 0.5) is 8.78 Å². The highest BCUT2D eigenvalue weighted by Crippen LogP contribution is 2.32. The summed E-state index contributed by atoms with van der Waals surface area (Å²) in [6.45, 7) is 7.90. The Morgan fingerprint density at radius 1 is 1.00 bits per heavy atom. The lowest BCUT2D eigenvalue weighted by atomic mass is 10.2. The quantitative estimate of drug-likeness (QED) is 0.814. The number of rotatable bonds is 4. The van der Waals surface area contributed by atoms with E-state index in [0.717, 1.165) is 6.07 Å². The van der Waals surface area contributed by atoms with E-state index in [1.807, 2.05) is 27.7 Å². The van der Waals surface area contributed by atoms with Gasteiger partial charge >= 0.3 is 0 Å². The summed E-state index contributed by atoms with van der Waals surface area (Å²) < 4.78 is 26.2. The molecule has 0 spiro atoms. The van der Waals surface area contributed by atoms with Crippen molar-refractivity contribution >= 4 is 8.32 Å². The van der Waals surface area contributed by atoms with Crippen LogP contribution in [0.5, 0.6) is 0 Å². The van der Waals surface area contributed by atoms with Crippen molar-refractivity contribution in [1.29, 1.82) is 0 Å². The minimum atomic E-state index is -2.52. The fourth-order valence-corrected chi connectivity index (χ4v) is 5.12. The van der Waals surface area contributed by atoms with Crippen molar-refractivity contribution in [3.8, 4) is 0 Å². The Bertz CT molecular complexity index is 363. The van der Waals surface area contributed by atoms with Crippen LogP contribution in [-0.2, 0) is 6.04 Å². The summed E-state index contributed by atoms with van der Waals surface area (Å²) in [6, 6.07) is 3.88. The fourth-order valence-electron chi connectivity index (χ4n) is 2.11. The molecule has 17 heavy (non-hydrogen) atoms. The molecule has 0 radical (unpaired) electrons. The molecule has 0 aliphatic heterocycles. The first-order valence-corrected chi connectivity index (χ1v) is 8.24. The van der Waals surface area contributed by atoms with Crippen LogP contribution in [0.15, 0.2) is 18.2 Å². The molecule has 1 nitrogen and oxygen atoms in total. The van der Waals surface area contributed by atoms with Gasteiger partial charge < -0.3 is 4.80 Å². The van der Waals surface area contributed by atoms with Gasteiger partial charge in [0.2, 0.25) is 0 Å². The molecule has 0 fully saturated rings. The van der Waals surface area contributed by atoms with Gasteiger partial charge in [-0.1, -0.05) is 27.7 Å². The Kier molecular flexibility index (Phi) is 4.44. The van der Waals surface area contributed by atoms with E-state index in [4.69, 9.17) is 0 Å². The van der Waals surface area contributed by atoms with E-state index >= 15 is 0 Å². The monoisotopic (exact) mass is 258 g/mol. The van der Waals surface area contributed by atoms with Gasteiger partial charge in [-0.25, -0.2) is 8.78 Å². The molecule has 1 aromatic carbocycles.